The largest absolute Gasteiger partial charge is 0.463 e. The summed E-state index contributed by atoms with van der Waals surface area (Å²) in [4.78, 5) is 11.3. The lowest BCUT2D eigenvalue weighted by Gasteiger charge is -2.03. The average molecular weight is 271 g/mol. The molecule has 1 heterocycles. The van der Waals surface area contributed by atoms with Gasteiger partial charge in [0.15, 0.2) is 0 Å². The van der Waals surface area contributed by atoms with Gasteiger partial charge in [0.1, 0.15) is 12.7 Å². The minimum absolute atomic E-state index is 0.0720. The minimum Gasteiger partial charge on any atom is -0.463 e. The molecule has 1 aliphatic rings. The molecule has 0 aromatic rings. The van der Waals surface area contributed by atoms with Crippen molar-refractivity contribution in [1.82, 2.24) is 0 Å². The summed E-state index contributed by atoms with van der Waals surface area (Å²) in [6, 6.07) is 0. The van der Waals surface area contributed by atoms with Crippen LogP contribution < -0.4 is 5.73 Å². The Kier molecular flexibility index (Phi) is 9.72. The van der Waals surface area contributed by atoms with Gasteiger partial charge < -0.3 is 15.2 Å². The molecule has 0 saturated carbocycles. The molecular weight excluding hydrogens is 242 g/mol. The van der Waals surface area contributed by atoms with Crippen LogP contribution in [0.4, 0.5) is 0 Å². The maximum Gasteiger partial charge on any atom is 0.305 e. The van der Waals surface area contributed by atoms with Gasteiger partial charge in [0.2, 0.25) is 0 Å². The molecule has 1 fully saturated rings. The summed E-state index contributed by atoms with van der Waals surface area (Å²) in [6.07, 6.45) is 11.7. The van der Waals surface area contributed by atoms with Gasteiger partial charge in [0.05, 0.1) is 6.61 Å². The van der Waals surface area contributed by atoms with Crippen molar-refractivity contribution in [2.75, 3.05) is 19.8 Å². The summed E-state index contributed by atoms with van der Waals surface area (Å²) in [5.74, 6) is -0.0720. The van der Waals surface area contributed by atoms with E-state index in [2.05, 4.69) is 0 Å². The first-order chi connectivity index (χ1) is 9.33. The molecule has 0 aromatic heterocycles. The van der Waals surface area contributed by atoms with Gasteiger partial charge in [-0.3, -0.25) is 4.79 Å². The molecule has 4 nitrogen and oxygen atoms in total. The topological polar surface area (TPSA) is 64.9 Å². The average Bonchev–Trinajstić information content (AvgIpc) is 3.23. The Morgan fingerprint density at radius 1 is 1.00 bits per heavy atom. The molecule has 1 rings (SSSR count). The number of nitrogens with two attached hydrogens (primary N) is 1. The van der Waals surface area contributed by atoms with E-state index >= 15 is 0 Å². The summed E-state index contributed by atoms with van der Waals surface area (Å²) in [5.41, 5.74) is 5.45. The minimum atomic E-state index is -0.0720. The van der Waals surface area contributed by atoms with E-state index in [0.717, 1.165) is 32.4 Å². The van der Waals surface area contributed by atoms with Gasteiger partial charge in [0, 0.05) is 6.42 Å². The van der Waals surface area contributed by atoms with E-state index in [1.54, 1.807) is 0 Å². The molecule has 1 saturated heterocycles. The van der Waals surface area contributed by atoms with Crippen LogP contribution in [0.3, 0.4) is 0 Å². The summed E-state index contributed by atoms with van der Waals surface area (Å²) >= 11 is 0. The van der Waals surface area contributed by atoms with Crippen molar-refractivity contribution in [1.29, 1.82) is 0 Å². The van der Waals surface area contributed by atoms with Crippen LogP contribution >= 0.6 is 0 Å². The molecule has 19 heavy (non-hydrogen) atoms. The van der Waals surface area contributed by atoms with Crippen molar-refractivity contribution < 1.29 is 14.3 Å². The molecule has 0 bridgehead atoms. The monoisotopic (exact) mass is 271 g/mol. The van der Waals surface area contributed by atoms with Crippen LogP contribution in [0.2, 0.25) is 0 Å². The second-order valence-corrected chi connectivity index (χ2v) is 5.36. The lowest BCUT2D eigenvalue weighted by atomic mass is 10.1. The van der Waals surface area contributed by atoms with E-state index in [4.69, 9.17) is 15.2 Å². The molecule has 1 unspecified atom stereocenters. The highest BCUT2D eigenvalue weighted by Crippen LogP contribution is 2.12. The van der Waals surface area contributed by atoms with Gasteiger partial charge in [-0.2, -0.15) is 0 Å². The number of ether oxygens (including phenoxy) is 2. The van der Waals surface area contributed by atoms with E-state index in [9.17, 15) is 4.79 Å². The Hall–Kier alpha value is -0.610. The maximum atomic E-state index is 11.3. The van der Waals surface area contributed by atoms with E-state index < -0.39 is 0 Å². The van der Waals surface area contributed by atoms with Gasteiger partial charge in [-0.05, 0) is 19.4 Å². The smallest absolute Gasteiger partial charge is 0.305 e. The SMILES string of the molecule is NCCCCCCCCCCCC(=O)OCC1CO1. The number of carbonyl (C=O) groups is 1. The van der Waals surface area contributed by atoms with Gasteiger partial charge in [-0.1, -0.05) is 44.9 Å². The predicted molar refractivity (Wildman–Crippen MR) is 75.9 cm³/mol. The Labute approximate surface area is 117 Å². The zero-order chi connectivity index (χ0) is 13.8. The summed E-state index contributed by atoms with van der Waals surface area (Å²) in [6.45, 7) is 2.02. The second-order valence-electron chi connectivity index (χ2n) is 5.36. The Morgan fingerprint density at radius 2 is 1.53 bits per heavy atom. The first-order valence-electron chi connectivity index (χ1n) is 7.80. The van der Waals surface area contributed by atoms with Crippen molar-refractivity contribution >= 4 is 5.97 Å². The zero-order valence-electron chi connectivity index (χ0n) is 12.1. The Bertz CT molecular complexity index is 229. The number of hydrogen-bond donors (Lipinski definition) is 1. The van der Waals surface area contributed by atoms with E-state index in [0.29, 0.717) is 13.0 Å². The maximum absolute atomic E-state index is 11.3. The lowest BCUT2D eigenvalue weighted by molar-refractivity contribution is -0.144. The third-order valence-corrected chi connectivity index (χ3v) is 3.42. The molecule has 4 heteroatoms. The first-order valence-corrected chi connectivity index (χ1v) is 7.80. The van der Waals surface area contributed by atoms with Crippen LogP contribution in [0.25, 0.3) is 0 Å². The fourth-order valence-electron chi connectivity index (χ4n) is 2.07. The van der Waals surface area contributed by atoms with Crippen molar-refractivity contribution in [2.24, 2.45) is 5.73 Å². The Morgan fingerprint density at radius 3 is 2.05 bits per heavy atom. The van der Waals surface area contributed by atoms with Crippen molar-refractivity contribution in [3.8, 4) is 0 Å². The molecule has 0 aliphatic carbocycles. The predicted octanol–water partition coefficient (Wildman–Crippen LogP) is 2.79. The highest BCUT2D eigenvalue weighted by atomic mass is 16.6. The van der Waals surface area contributed by atoms with Crippen LogP contribution in [-0.4, -0.2) is 31.8 Å². The van der Waals surface area contributed by atoms with Crippen LogP contribution in [0.5, 0.6) is 0 Å². The van der Waals surface area contributed by atoms with Gasteiger partial charge in [0.25, 0.3) is 0 Å². The number of epoxide rings is 1. The van der Waals surface area contributed by atoms with Crippen molar-refractivity contribution in [3.05, 3.63) is 0 Å². The van der Waals surface area contributed by atoms with Crippen LogP contribution in [0, 0.1) is 0 Å². The molecule has 1 atom stereocenters. The van der Waals surface area contributed by atoms with Crippen LogP contribution in [0.15, 0.2) is 0 Å². The van der Waals surface area contributed by atoms with Gasteiger partial charge >= 0.3 is 5.97 Å². The third-order valence-electron chi connectivity index (χ3n) is 3.42. The van der Waals surface area contributed by atoms with Gasteiger partial charge in [-0.15, -0.1) is 0 Å². The summed E-state index contributed by atoms with van der Waals surface area (Å²) in [5, 5.41) is 0. The molecule has 0 spiro atoms. The standard InChI is InChI=1S/C15H29NO3/c16-11-9-7-5-3-1-2-4-6-8-10-15(17)19-13-14-12-18-14/h14H,1-13,16H2. The molecular formula is C15H29NO3. The quantitative estimate of drug-likeness (QED) is 0.318. The number of hydrogen-bond acceptors (Lipinski definition) is 4. The van der Waals surface area contributed by atoms with Crippen molar-refractivity contribution in [3.63, 3.8) is 0 Å². The zero-order valence-corrected chi connectivity index (χ0v) is 12.1. The summed E-state index contributed by atoms with van der Waals surface area (Å²) < 4.78 is 10.1. The highest BCUT2D eigenvalue weighted by molar-refractivity contribution is 5.69. The van der Waals surface area contributed by atoms with E-state index in [-0.39, 0.29) is 12.1 Å². The number of carbonyl (C=O) groups excluding carboxylic acids is 1. The molecule has 0 radical (unpaired) electrons. The van der Waals surface area contributed by atoms with Crippen LogP contribution in [0.1, 0.15) is 64.2 Å². The van der Waals surface area contributed by atoms with E-state index in [1.807, 2.05) is 0 Å². The normalized spacial score (nSPS) is 17.4. The van der Waals surface area contributed by atoms with Crippen LogP contribution in [-0.2, 0) is 14.3 Å². The molecule has 0 aromatic carbocycles. The Balaban J connectivity index is 1.71. The third kappa shape index (κ3) is 11.0. The van der Waals surface area contributed by atoms with Gasteiger partial charge in [-0.25, -0.2) is 0 Å². The fourth-order valence-corrected chi connectivity index (χ4v) is 2.07. The molecule has 0 amide bonds. The number of esters is 1. The highest BCUT2D eigenvalue weighted by Gasteiger charge is 2.23. The number of unbranched alkanes of at least 4 members (excludes halogenated alkanes) is 8. The molecule has 1 aliphatic heterocycles. The first kappa shape index (κ1) is 16.4. The number of rotatable bonds is 13. The summed E-state index contributed by atoms with van der Waals surface area (Å²) in [7, 11) is 0. The van der Waals surface area contributed by atoms with Crippen molar-refractivity contribution in [2.45, 2.75) is 70.3 Å². The lowest BCUT2D eigenvalue weighted by Crippen LogP contribution is -2.09. The molecule has 112 valence electrons. The molecule has 2 N–H and O–H groups in total. The second kappa shape index (κ2) is 11.2. The van der Waals surface area contributed by atoms with E-state index in [1.165, 1.54) is 38.5 Å². The fraction of sp³-hybridized carbons (Fsp3) is 0.933.